The summed E-state index contributed by atoms with van der Waals surface area (Å²) in [6.45, 7) is 32.7. The summed E-state index contributed by atoms with van der Waals surface area (Å²) in [6, 6.07) is 39.9. The van der Waals surface area contributed by atoms with Crippen LogP contribution in [0.25, 0.3) is 49.7 Å². The lowest BCUT2D eigenvalue weighted by Crippen LogP contribution is -2.39. The second kappa shape index (κ2) is 12.5. The van der Waals surface area contributed by atoms with Crippen molar-refractivity contribution in [1.82, 2.24) is 4.57 Å². The molecular weight excluding hydrogens is 699 g/mol. The molecule has 3 heteroatoms. The van der Waals surface area contributed by atoms with Crippen molar-refractivity contribution in [3.63, 3.8) is 0 Å². The van der Waals surface area contributed by atoms with Crippen molar-refractivity contribution in [2.24, 2.45) is 0 Å². The summed E-state index contributed by atoms with van der Waals surface area (Å²) in [5, 5.41) is 6.68. The van der Waals surface area contributed by atoms with E-state index in [9.17, 15) is 0 Å². The fourth-order valence-corrected chi connectivity index (χ4v) is 9.75. The van der Waals surface area contributed by atoms with Crippen LogP contribution in [0.4, 0.5) is 11.4 Å². The van der Waals surface area contributed by atoms with E-state index in [-0.39, 0.29) is 27.1 Å². The van der Waals surface area contributed by atoms with E-state index in [0.29, 0.717) is 0 Å². The van der Waals surface area contributed by atoms with E-state index in [0.717, 1.165) is 11.4 Å². The Morgan fingerprint density at radius 1 is 0.552 bits per heavy atom. The van der Waals surface area contributed by atoms with Crippen LogP contribution >= 0.6 is 0 Å². The quantitative estimate of drug-likeness (QED) is 0.178. The lowest BCUT2D eigenvalue weighted by atomic mass is 9.56. The maximum atomic E-state index is 3.98. The zero-order valence-electron chi connectivity index (χ0n) is 37.3. The summed E-state index contributed by atoms with van der Waals surface area (Å²) in [6.07, 6.45) is 0. The topological polar surface area (TPSA) is 17.0 Å². The maximum Gasteiger partial charge on any atom is 0.197 e. The van der Waals surface area contributed by atoms with E-state index in [1.54, 1.807) is 0 Å². The Morgan fingerprint density at radius 2 is 1.12 bits per heavy atom. The molecule has 2 heterocycles. The van der Waals surface area contributed by atoms with Gasteiger partial charge in [0.15, 0.2) is 7.28 Å². The lowest BCUT2D eigenvalue weighted by Gasteiger charge is -2.32. The number of benzene rings is 6. The van der Waals surface area contributed by atoms with Gasteiger partial charge >= 0.3 is 0 Å². The Hall–Kier alpha value is -5.02. The van der Waals surface area contributed by atoms with Crippen LogP contribution in [-0.4, -0.2) is 11.8 Å². The molecule has 6 aromatic carbocycles. The third-order valence-electron chi connectivity index (χ3n) is 13.2. The van der Waals surface area contributed by atoms with E-state index in [4.69, 9.17) is 0 Å². The van der Waals surface area contributed by atoms with Crippen LogP contribution in [0, 0.1) is 0 Å². The number of rotatable bonds is 3. The van der Waals surface area contributed by atoms with E-state index >= 15 is 0 Å². The van der Waals surface area contributed by atoms with Gasteiger partial charge in [-0.15, -0.1) is 0 Å². The highest BCUT2D eigenvalue weighted by atomic mass is 15.0. The van der Waals surface area contributed by atoms with Crippen LogP contribution in [0.2, 0.25) is 0 Å². The molecule has 2 nitrogen and oxygen atoms in total. The largest absolute Gasteiger partial charge is 0.355 e. The minimum Gasteiger partial charge on any atom is -0.355 e. The molecule has 2 aliphatic rings. The first kappa shape index (κ1) is 38.5. The lowest BCUT2D eigenvalue weighted by molar-refractivity contribution is 0.590. The number of fused-ring (bicyclic) bond motifs is 9. The summed E-state index contributed by atoms with van der Waals surface area (Å²) in [5.74, 6) is 0. The minimum atomic E-state index is -0.257. The van der Waals surface area contributed by atoms with Crippen molar-refractivity contribution >= 4 is 51.4 Å². The molecule has 0 bridgehead atoms. The van der Waals surface area contributed by atoms with Crippen molar-refractivity contribution in [2.45, 2.75) is 124 Å². The van der Waals surface area contributed by atoms with Crippen LogP contribution in [0.15, 0.2) is 103 Å². The Morgan fingerprint density at radius 3 is 1.78 bits per heavy atom. The van der Waals surface area contributed by atoms with Gasteiger partial charge in [-0.25, -0.2) is 0 Å². The van der Waals surface area contributed by atoms with Gasteiger partial charge in [-0.2, -0.15) is 0 Å². The molecule has 1 aromatic heterocycles. The Kier molecular flexibility index (Phi) is 8.30. The molecule has 1 radical (unpaired) electrons. The van der Waals surface area contributed by atoms with Crippen LogP contribution < -0.4 is 16.2 Å². The molecule has 58 heavy (non-hydrogen) atoms. The molecule has 0 unspecified atom stereocenters. The average Bonchev–Trinajstić information content (AvgIpc) is 3.60. The molecule has 1 N–H and O–H groups in total. The second-order valence-electron chi connectivity index (χ2n) is 21.9. The third-order valence-corrected chi connectivity index (χ3v) is 13.2. The summed E-state index contributed by atoms with van der Waals surface area (Å²) >= 11 is 0. The smallest absolute Gasteiger partial charge is 0.197 e. The SMILES string of the molecule is CC(C)(C)c1ccc(Nc2ccc(C(C)(C)C)cc2-c2c3c(c4c5cc(C(C)(C)C)ccc5n5c4c2[B]c2cc(C(C)(C)C)ccc2-5)-c2ccccc2C3(C)C)cc1. The zero-order chi connectivity index (χ0) is 41.5. The number of hydrogen-bond acceptors (Lipinski definition) is 1. The molecule has 7 aromatic rings. The predicted octanol–water partition coefficient (Wildman–Crippen LogP) is 13.7. The molecule has 0 fully saturated rings. The van der Waals surface area contributed by atoms with Gasteiger partial charge in [0.05, 0.1) is 5.52 Å². The predicted molar refractivity (Wildman–Crippen MR) is 253 cm³/mol. The van der Waals surface area contributed by atoms with Gasteiger partial charge in [-0.1, -0.05) is 163 Å². The van der Waals surface area contributed by atoms with Gasteiger partial charge in [0.2, 0.25) is 0 Å². The highest BCUT2D eigenvalue weighted by Crippen LogP contribution is 2.57. The average molecular weight is 760 g/mol. The molecule has 9 rings (SSSR count). The van der Waals surface area contributed by atoms with Crippen LogP contribution in [0.5, 0.6) is 0 Å². The van der Waals surface area contributed by atoms with E-state index in [1.807, 2.05) is 0 Å². The highest BCUT2D eigenvalue weighted by molar-refractivity contribution is 6.74. The van der Waals surface area contributed by atoms with Crippen LogP contribution in [0.3, 0.4) is 0 Å². The van der Waals surface area contributed by atoms with Gasteiger partial charge < -0.3 is 9.88 Å². The molecule has 0 spiro atoms. The number of nitrogens with one attached hydrogen (secondary N) is 1. The van der Waals surface area contributed by atoms with Crippen molar-refractivity contribution in [1.29, 1.82) is 0 Å². The fourth-order valence-electron chi connectivity index (χ4n) is 9.75. The first-order valence-corrected chi connectivity index (χ1v) is 21.4. The molecule has 293 valence electrons. The molecule has 1 aliphatic carbocycles. The number of nitrogens with zero attached hydrogens (tertiary/aromatic N) is 1. The molecule has 1 aliphatic heterocycles. The molecule has 0 saturated carbocycles. The van der Waals surface area contributed by atoms with E-state index < -0.39 is 0 Å². The molecule has 0 amide bonds. The summed E-state index contributed by atoms with van der Waals surface area (Å²) in [5.41, 5.74) is 21.9. The Balaban J connectivity index is 1.46. The van der Waals surface area contributed by atoms with Gasteiger partial charge in [0.1, 0.15) is 0 Å². The number of aromatic nitrogens is 1. The highest BCUT2D eigenvalue weighted by Gasteiger charge is 2.43. The van der Waals surface area contributed by atoms with E-state index in [1.165, 1.54) is 94.1 Å². The normalized spacial score (nSPS) is 14.7. The van der Waals surface area contributed by atoms with Crippen molar-refractivity contribution in [3.05, 3.63) is 137 Å². The van der Waals surface area contributed by atoms with Crippen molar-refractivity contribution in [2.75, 3.05) is 5.32 Å². The summed E-state index contributed by atoms with van der Waals surface area (Å²) in [4.78, 5) is 0. The number of hydrogen-bond donors (Lipinski definition) is 1. The van der Waals surface area contributed by atoms with Crippen molar-refractivity contribution in [3.8, 4) is 27.9 Å². The van der Waals surface area contributed by atoms with Gasteiger partial charge in [0, 0.05) is 44.3 Å². The van der Waals surface area contributed by atoms with Crippen molar-refractivity contribution < 1.29 is 0 Å². The monoisotopic (exact) mass is 759 g/mol. The third kappa shape index (κ3) is 5.90. The van der Waals surface area contributed by atoms with E-state index in [2.05, 4.69) is 217 Å². The first-order chi connectivity index (χ1) is 27.0. The zero-order valence-corrected chi connectivity index (χ0v) is 37.3. The van der Waals surface area contributed by atoms with Crippen LogP contribution in [-0.2, 0) is 27.1 Å². The summed E-state index contributed by atoms with van der Waals surface area (Å²) < 4.78 is 2.61. The standard InChI is InChI=1S/C55H60BN2/c1-51(2,3)32-19-24-36(25-20-32)57-42-26-21-33(52(4,5)6)29-38(42)47-48-45(37-17-15-16-18-40(37)55(48,13)14)46-39-30-34(53(7,8)9)22-27-43(39)58-44-28-23-35(54(10,11)12)31-41(44)56-49(47)50(46)58/h15-31,57H,1-14H3. The molecular formula is C55H60BN2. The Bertz CT molecular complexity index is 2820. The fraction of sp³-hybridized carbons (Fsp3) is 0.345. The minimum absolute atomic E-state index is 0.0105. The van der Waals surface area contributed by atoms with Crippen LogP contribution in [0.1, 0.15) is 130 Å². The molecule has 0 atom stereocenters. The first-order valence-electron chi connectivity index (χ1n) is 21.4. The Labute approximate surface area is 348 Å². The van der Waals surface area contributed by atoms with Gasteiger partial charge in [-0.3, -0.25) is 0 Å². The number of anilines is 2. The molecule has 0 saturated heterocycles. The maximum absolute atomic E-state index is 3.98. The second-order valence-corrected chi connectivity index (χ2v) is 21.9. The van der Waals surface area contributed by atoms with Gasteiger partial charge in [0.25, 0.3) is 0 Å². The van der Waals surface area contributed by atoms with Gasteiger partial charge in [-0.05, 0) is 120 Å². The summed E-state index contributed by atoms with van der Waals surface area (Å²) in [7, 11) is 2.54.